The van der Waals surface area contributed by atoms with E-state index in [0.717, 1.165) is 0 Å². The van der Waals surface area contributed by atoms with E-state index >= 15 is 0 Å². The topological polar surface area (TPSA) is 78.4 Å². The molecule has 0 aromatic heterocycles. The zero-order valence-electron chi connectivity index (χ0n) is 2.66. The summed E-state index contributed by atoms with van der Waals surface area (Å²) < 4.78 is 0. The summed E-state index contributed by atoms with van der Waals surface area (Å²) in [6.07, 6.45) is 0. The van der Waals surface area contributed by atoms with Crippen LogP contribution in [0.2, 0.25) is 0 Å². The van der Waals surface area contributed by atoms with Gasteiger partial charge in [-0.3, -0.25) is 0 Å². The predicted molar refractivity (Wildman–Crippen MR) is 22.6 cm³/mol. The van der Waals surface area contributed by atoms with E-state index in [0.29, 0.717) is 0 Å². The molecular formula is H3BrN2O3. The lowest BCUT2D eigenvalue weighted by Gasteiger charge is -1.74. The van der Waals surface area contributed by atoms with Gasteiger partial charge in [-0.1, -0.05) is 0 Å². The molecule has 0 aliphatic rings. The molecule has 0 atom stereocenters. The minimum absolute atomic E-state index is 0. The molecule has 0 aromatic rings. The summed E-state index contributed by atoms with van der Waals surface area (Å²) in [6, 6.07) is 0. The van der Waals surface area contributed by atoms with E-state index in [9.17, 15) is 0 Å². The summed E-state index contributed by atoms with van der Waals surface area (Å²) in [5.74, 6) is 3.97. The summed E-state index contributed by atoms with van der Waals surface area (Å²) in [5, 5.41) is 7.73. The van der Waals surface area contributed by atoms with Gasteiger partial charge in [0.2, 0.25) is 0 Å². The lowest BCUT2D eigenvalue weighted by molar-refractivity contribution is -0.762. The number of rotatable bonds is 1. The van der Waals surface area contributed by atoms with E-state index in [-0.39, 0.29) is 17.0 Å². The van der Waals surface area contributed by atoms with E-state index in [1.54, 1.807) is 0 Å². The largest absolute Gasteiger partial charge is 0.311 e. The molecule has 0 rings (SSSR count). The highest BCUT2D eigenvalue weighted by atomic mass is 79.9. The normalized spacial score (nSPS) is 5.50. The Morgan fingerprint density at radius 3 is 2.00 bits per heavy atom. The van der Waals surface area contributed by atoms with Gasteiger partial charge in [-0.25, -0.2) is 4.94 Å². The Balaban J connectivity index is 0. The second kappa shape index (κ2) is 4.64. The Hall–Kier alpha value is -0.360. The Morgan fingerprint density at radius 2 is 2.00 bits per heavy atom. The number of nitrogens with two attached hydrogens (primary N) is 1. The molecule has 0 aliphatic heterocycles. The average Bonchev–Trinajstić information content (AvgIpc) is 1.38. The highest BCUT2D eigenvalue weighted by Gasteiger charge is 1.78. The van der Waals surface area contributed by atoms with Gasteiger partial charge in [0.05, 0.1) is 0 Å². The third-order valence-electron chi connectivity index (χ3n) is 0.0861. The Labute approximate surface area is 43.9 Å². The van der Waals surface area contributed by atoms with Crippen molar-refractivity contribution in [3.63, 3.8) is 0 Å². The molecule has 0 heterocycles. The van der Waals surface area contributed by atoms with E-state index in [1.165, 1.54) is 0 Å². The van der Waals surface area contributed by atoms with Gasteiger partial charge < -0.3 is 0 Å². The van der Waals surface area contributed by atoms with Crippen molar-refractivity contribution in [2.45, 2.75) is 0 Å². The van der Waals surface area contributed by atoms with Gasteiger partial charge in [0, 0.05) is 0 Å². The van der Waals surface area contributed by atoms with E-state index < -0.39 is 5.09 Å². The standard InChI is InChI=1S/BrH.H2N2O3/c;1-5-2(3)4/h1H;1H2. The minimum Gasteiger partial charge on any atom is -0.223 e. The molecule has 0 fully saturated rings. The summed E-state index contributed by atoms with van der Waals surface area (Å²) in [5.41, 5.74) is 0. The van der Waals surface area contributed by atoms with Gasteiger partial charge in [-0.05, 0) is 0 Å². The lowest BCUT2D eigenvalue weighted by Crippen LogP contribution is -2.05. The van der Waals surface area contributed by atoms with Gasteiger partial charge in [0.1, 0.15) is 0 Å². The van der Waals surface area contributed by atoms with Crippen molar-refractivity contribution in [3.05, 3.63) is 10.1 Å². The van der Waals surface area contributed by atoms with Crippen LogP contribution < -0.4 is 5.90 Å². The number of hydrogen-bond donors (Lipinski definition) is 1. The smallest absolute Gasteiger partial charge is 0.223 e. The summed E-state index contributed by atoms with van der Waals surface area (Å²) >= 11 is 0. The van der Waals surface area contributed by atoms with Crippen LogP contribution in [0.4, 0.5) is 0 Å². The van der Waals surface area contributed by atoms with Gasteiger partial charge in [0.25, 0.3) is 0 Å². The summed E-state index contributed by atoms with van der Waals surface area (Å²) in [6.45, 7) is 0. The minimum atomic E-state index is -1.10. The van der Waals surface area contributed by atoms with Crippen molar-refractivity contribution in [3.8, 4) is 0 Å². The fourth-order valence-corrected chi connectivity index (χ4v) is 0. The molecule has 0 amide bonds. The fourth-order valence-electron chi connectivity index (χ4n) is 0. The van der Waals surface area contributed by atoms with Gasteiger partial charge in [-0.15, -0.1) is 27.1 Å². The van der Waals surface area contributed by atoms with Crippen LogP contribution in [0.5, 0.6) is 0 Å². The molecule has 2 N–H and O–H groups in total. The Kier molecular flexibility index (Phi) is 7.09. The van der Waals surface area contributed by atoms with Crippen LogP contribution in [0.15, 0.2) is 0 Å². The first kappa shape index (κ1) is 9.16. The molecule has 5 nitrogen and oxygen atoms in total. The third kappa shape index (κ3) is 9.43. The first-order valence-corrected chi connectivity index (χ1v) is 0.783. The Bertz CT molecular complexity index is 44.1. The molecule has 0 radical (unpaired) electrons. The predicted octanol–water partition coefficient (Wildman–Crippen LogP) is -0.354. The van der Waals surface area contributed by atoms with Crippen LogP contribution in [-0.2, 0) is 4.94 Å². The van der Waals surface area contributed by atoms with Crippen LogP contribution in [0.25, 0.3) is 0 Å². The summed E-state index contributed by atoms with van der Waals surface area (Å²) in [7, 11) is 0. The monoisotopic (exact) mass is 158 g/mol. The molecular weight excluding hydrogens is 156 g/mol. The maximum absolute atomic E-state index is 8.83. The Morgan fingerprint density at radius 1 is 1.83 bits per heavy atom. The third-order valence-corrected chi connectivity index (χ3v) is 0.0861. The maximum atomic E-state index is 8.83. The van der Waals surface area contributed by atoms with Crippen molar-refractivity contribution in [2.75, 3.05) is 0 Å². The van der Waals surface area contributed by atoms with Crippen LogP contribution >= 0.6 is 17.0 Å². The highest BCUT2D eigenvalue weighted by molar-refractivity contribution is 8.93. The quantitative estimate of drug-likeness (QED) is 0.418. The van der Waals surface area contributed by atoms with E-state index in [2.05, 4.69) is 10.8 Å². The van der Waals surface area contributed by atoms with Crippen LogP contribution in [-0.4, -0.2) is 5.09 Å². The molecule has 6 heteroatoms. The van der Waals surface area contributed by atoms with Crippen molar-refractivity contribution >= 4 is 17.0 Å². The zero-order valence-corrected chi connectivity index (χ0v) is 4.37. The zero-order chi connectivity index (χ0) is 4.28. The van der Waals surface area contributed by atoms with Crippen molar-refractivity contribution in [1.82, 2.24) is 0 Å². The van der Waals surface area contributed by atoms with Crippen LogP contribution in [0, 0.1) is 10.1 Å². The van der Waals surface area contributed by atoms with E-state index in [4.69, 9.17) is 10.1 Å². The molecule has 0 saturated carbocycles. The SMILES string of the molecule is Br.NO[N+](=O)[O-]. The average molecular weight is 159 g/mol. The van der Waals surface area contributed by atoms with Crippen molar-refractivity contribution in [1.29, 1.82) is 0 Å². The molecule has 38 valence electrons. The second-order valence-corrected chi connectivity index (χ2v) is 0.329. The highest BCUT2D eigenvalue weighted by Crippen LogP contribution is 1.52. The lowest BCUT2D eigenvalue weighted by atomic mass is 13.0. The first-order valence-electron chi connectivity index (χ1n) is 0.783. The number of halogens is 1. The van der Waals surface area contributed by atoms with Crippen molar-refractivity contribution in [2.24, 2.45) is 5.90 Å². The molecule has 0 saturated heterocycles. The van der Waals surface area contributed by atoms with Gasteiger partial charge in [-0.2, -0.15) is 5.90 Å². The maximum Gasteiger partial charge on any atom is 0.311 e. The molecule has 0 aliphatic carbocycles. The number of nitrogens with zero attached hydrogens (tertiary/aromatic N) is 1. The van der Waals surface area contributed by atoms with Crippen molar-refractivity contribution < 1.29 is 10.0 Å². The van der Waals surface area contributed by atoms with Gasteiger partial charge >= 0.3 is 5.09 Å². The molecule has 0 unspecified atom stereocenters. The fraction of sp³-hybridized carbons (Fsp3) is 0. The molecule has 6 heavy (non-hydrogen) atoms. The van der Waals surface area contributed by atoms with Crippen LogP contribution in [0.3, 0.4) is 0 Å². The summed E-state index contributed by atoms with van der Waals surface area (Å²) in [4.78, 5) is 11.8. The van der Waals surface area contributed by atoms with Gasteiger partial charge in [0.15, 0.2) is 0 Å². The van der Waals surface area contributed by atoms with E-state index in [1.807, 2.05) is 0 Å². The van der Waals surface area contributed by atoms with Crippen LogP contribution in [0.1, 0.15) is 0 Å². The number of hydrogen-bond acceptors (Lipinski definition) is 4. The second-order valence-electron chi connectivity index (χ2n) is 0.329. The molecule has 0 spiro atoms. The molecule has 0 aromatic carbocycles. The first-order chi connectivity index (χ1) is 2.27. The molecule has 0 bridgehead atoms.